The van der Waals surface area contributed by atoms with Crippen molar-refractivity contribution in [2.75, 3.05) is 56.7 Å². The lowest BCUT2D eigenvalue weighted by Crippen LogP contribution is -2.72. The summed E-state index contributed by atoms with van der Waals surface area (Å²) in [6, 6.07) is 7.78. The van der Waals surface area contributed by atoms with E-state index in [1.165, 1.54) is 32.1 Å². The topological polar surface area (TPSA) is 86.4 Å². The minimum Gasteiger partial charge on any atom is -0.378 e. The van der Waals surface area contributed by atoms with Crippen molar-refractivity contribution in [2.45, 2.75) is 107 Å². The van der Waals surface area contributed by atoms with Gasteiger partial charge in [-0.25, -0.2) is 4.39 Å². The van der Waals surface area contributed by atoms with Crippen LogP contribution in [0.3, 0.4) is 0 Å². The number of anilines is 2. The van der Waals surface area contributed by atoms with Gasteiger partial charge in [0.15, 0.2) is 5.78 Å². The van der Waals surface area contributed by atoms with Crippen LogP contribution in [0.1, 0.15) is 64.2 Å². The van der Waals surface area contributed by atoms with Crippen molar-refractivity contribution in [3.63, 3.8) is 0 Å². The molecule has 0 aromatic heterocycles. The molecule has 256 valence electrons. The number of ether oxygens (including phenoxy) is 2. The van der Waals surface area contributed by atoms with E-state index in [9.17, 15) is 9.59 Å². The van der Waals surface area contributed by atoms with E-state index in [2.05, 4.69) is 38.4 Å². The maximum atomic E-state index is 16.6. The molecular formula is C37H52FN5O4. The maximum absolute atomic E-state index is 16.6. The predicted molar refractivity (Wildman–Crippen MR) is 179 cm³/mol. The van der Waals surface area contributed by atoms with Gasteiger partial charge in [-0.3, -0.25) is 9.59 Å². The van der Waals surface area contributed by atoms with Crippen LogP contribution in [0, 0.1) is 17.8 Å². The number of nitrogens with one attached hydrogen (secondary N) is 2. The molecular weight excluding hydrogens is 597 g/mol. The highest BCUT2D eigenvalue weighted by atomic mass is 19.1. The number of alkyl halides is 1. The van der Waals surface area contributed by atoms with Crippen molar-refractivity contribution in [3.05, 3.63) is 36.0 Å². The molecule has 3 saturated carbocycles. The first-order chi connectivity index (χ1) is 23.0. The fourth-order valence-electron chi connectivity index (χ4n) is 10.3. The van der Waals surface area contributed by atoms with Crippen molar-refractivity contribution in [1.29, 1.82) is 0 Å². The number of para-hydroxylation sites is 2. The zero-order valence-corrected chi connectivity index (χ0v) is 27.8. The van der Waals surface area contributed by atoms with Gasteiger partial charge in [-0.2, -0.15) is 0 Å². The van der Waals surface area contributed by atoms with E-state index in [-0.39, 0.29) is 41.9 Å². The molecule has 8 rings (SSSR count). The summed E-state index contributed by atoms with van der Waals surface area (Å²) in [6.45, 7) is 4.53. The van der Waals surface area contributed by atoms with Gasteiger partial charge in [-0.05, 0) is 76.1 Å². The molecule has 4 heterocycles. The minimum absolute atomic E-state index is 0.0491. The van der Waals surface area contributed by atoms with Gasteiger partial charge in [0.05, 0.1) is 54.4 Å². The van der Waals surface area contributed by atoms with Crippen molar-refractivity contribution in [3.8, 4) is 0 Å². The summed E-state index contributed by atoms with van der Waals surface area (Å²) in [5.74, 6) is 0.119. The molecule has 47 heavy (non-hydrogen) atoms. The molecule has 3 saturated heterocycles. The van der Waals surface area contributed by atoms with Gasteiger partial charge < -0.3 is 34.8 Å². The zero-order valence-electron chi connectivity index (χ0n) is 27.8. The number of carbonyl (C=O) groups excluding carboxylic acids is 2. The molecule has 0 spiro atoms. The van der Waals surface area contributed by atoms with Crippen LogP contribution in [0.2, 0.25) is 0 Å². The number of halogens is 1. The van der Waals surface area contributed by atoms with E-state index in [0.717, 1.165) is 56.7 Å². The van der Waals surface area contributed by atoms with Gasteiger partial charge >= 0.3 is 0 Å². The zero-order chi connectivity index (χ0) is 32.1. The van der Waals surface area contributed by atoms with Gasteiger partial charge in [0.1, 0.15) is 12.3 Å². The fraction of sp³-hybridized carbons (Fsp3) is 0.730. The Bertz CT molecular complexity index is 1350. The van der Waals surface area contributed by atoms with Gasteiger partial charge in [-0.1, -0.05) is 37.8 Å². The third-order valence-corrected chi connectivity index (χ3v) is 12.7. The third kappa shape index (κ3) is 5.97. The molecule has 9 nitrogen and oxygen atoms in total. The second-order valence-electron chi connectivity index (χ2n) is 15.3. The lowest BCUT2D eigenvalue weighted by atomic mass is 9.65. The number of rotatable bonds is 7. The number of hydrogen-bond acceptors (Lipinski definition) is 8. The summed E-state index contributed by atoms with van der Waals surface area (Å²) >= 11 is 0. The van der Waals surface area contributed by atoms with Crippen LogP contribution in [0.15, 0.2) is 36.0 Å². The summed E-state index contributed by atoms with van der Waals surface area (Å²) in [7, 11) is 2.14. The van der Waals surface area contributed by atoms with Crippen LogP contribution < -0.4 is 15.5 Å². The summed E-state index contributed by atoms with van der Waals surface area (Å²) < 4.78 is 29.2. The smallest absolute Gasteiger partial charge is 0.256 e. The first kappa shape index (κ1) is 31.6. The number of likely N-dealkylation sites (tertiary alicyclic amines) is 1. The van der Waals surface area contributed by atoms with Gasteiger partial charge in [-0.15, -0.1) is 0 Å². The number of hydrogen-bond donors (Lipinski definition) is 2. The normalized spacial score (nSPS) is 38.6. The molecule has 1 aromatic rings. The van der Waals surface area contributed by atoms with Crippen molar-refractivity contribution in [2.24, 2.45) is 17.8 Å². The molecule has 3 aliphatic carbocycles. The monoisotopic (exact) mass is 649 g/mol. The average Bonchev–Trinajstić information content (AvgIpc) is 3.51. The maximum Gasteiger partial charge on any atom is 0.256 e. The van der Waals surface area contributed by atoms with Crippen LogP contribution in [0.25, 0.3) is 0 Å². The molecule has 0 bridgehead atoms. The van der Waals surface area contributed by atoms with E-state index in [4.69, 9.17) is 9.47 Å². The molecule has 6 fully saturated rings. The molecule has 1 aromatic carbocycles. The van der Waals surface area contributed by atoms with Gasteiger partial charge in [0.25, 0.3) is 5.91 Å². The number of morpholine rings is 2. The van der Waals surface area contributed by atoms with E-state index in [0.29, 0.717) is 37.6 Å². The highest BCUT2D eigenvalue weighted by molar-refractivity contribution is 6.20. The first-order valence-corrected chi connectivity index (χ1v) is 18.5. The van der Waals surface area contributed by atoms with Crippen LogP contribution in [-0.4, -0.2) is 110 Å². The molecule has 1 amide bonds. The predicted octanol–water partition coefficient (Wildman–Crippen LogP) is 4.14. The van der Waals surface area contributed by atoms with E-state index in [1.807, 2.05) is 24.4 Å². The third-order valence-electron chi connectivity index (χ3n) is 12.7. The average molecular weight is 650 g/mol. The first-order valence-electron chi connectivity index (χ1n) is 18.5. The number of fused-ring (bicyclic) bond motifs is 3. The minimum atomic E-state index is -1.30. The molecule has 7 aliphatic rings. The molecule has 0 radical (unpaired) electrons. The van der Waals surface area contributed by atoms with Crippen LogP contribution in [0.5, 0.6) is 0 Å². The number of carbonyl (C=O) groups is 2. The van der Waals surface area contributed by atoms with E-state index < -0.39 is 24.2 Å². The molecule has 10 heteroatoms. The summed E-state index contributed by atoms with van der Waals surface area (Å²) in [4.78, 5) is 34.8. The van der Waals surface area contributed by atoms with E-state index >= 15 is 4.39 Å². The fourth-order valence-corrected chi connectivity index (χ4v) is 10.3. The number of Topliss-reactive ketones (excluding diaryl/α,β-unsaturated/α-hetero) is 1. The Kier molecular flexibility index (Phi) is 8.94. The number of nitrogens with zero attached hydrogens (tertiary/aromatic N) is 3. The Labute approximate surface area is 278 Å². The van der Waals surface area contributed by atoms with Crippen LogP contribution in [-0.2, 0) is 19.1 Å². The Balaban J connectivity index is 1.08. The van der Waals surface area contributed by atoms with Gasteiger partial charge in [0, 0.05) is 37.8 Å². The second-order valence-corrected chi connectivity index (χ2v) is 15.3. The Morgan fingerprint density at radius 1 is 1.00 bits per heavy atom. The number of ketones is 1. The Morgan fingerprint density at radius 2 is 1.79 bits per heavy atom. The number of benzene rings is 1. The van der Waals surface area contributed by atoms with Crippen molar-refractivity contribution in [1.82, 2.24) is 15.1 Å². The molecule has 10 unspecified atom stereocenters. The number of amides is 1. The lowest BCUT2D eigenvalue weighted by molar-refractivity contribution is -0.202. The molecule has 10 atom stereocenters. The SMILES string of the molecule is CN1CCCC1CCNC(=O)C1=CN2C3CC4CCCCC4CC3OC3C(Nc4ccccc4N4CCOCC4)C(F)CC(C1=O)C32. The second kappa shape index (κ2) is 13.3. The van der Waals surface area contributed by atoms with Crippen LogP contribution in [0.4, 0.5) is 15.8 Å². The standard InChI is InChI=1S/C37H52FN5O4/c1-41-14-6-9-25(41)12-13-39-37(45)27-22-43-31-19-23-7-2-3-8-24(23)20-32(31)47-36-33(28(38)21-26(34(36)43)35(27)44)40-29-10-4-5-11-30(29)42-15-17-46-18-16-42/h4-5,10-11,22-26,28,31-34,36,40H,2-3,6-9,12-21H2,1H3,(H,39,45). The van der Waals surface area contributed by atoms with Crippen LogP contribution >= 0.6 is 0 Å². The summed E-state index contributed by atoms with van der Waals surface area (Å²) in [6.07, 6.45) is 10.3. The molecule has 2 N–H and O–H groups in total. The lowest BCUT2D eigenvalue weighted by Gasteiger charge is -2.61. The summed E-state index contributed by atoms with van der Waals surface area (Å²) in [5, 5.41) is 6.69. The van der Waals surface area contributed by atoms with Crippen molar-refractivity contribution >= 4 is 23.1 Å². The summed E-state index contributed by atoms with van der Waals surface area (Å²) in [5.41, 5.74) is 2.13. The van der Waals surface area contributed by atoms with E-state index in [1.54, 1.807) is 0 Å². The van der Waals surface area contributed by atoms with Crippen molar-refractivity contribution < 1.29 is 23.5 Å². The quantitative estimate of drug-likeness (QED) is 0.427. The van der Waals surface area contributed by atoms with Gasteiger partial charge in [0.2, 0.25) is 0 Å². The molecule has 4 aliphatic heterocycles. The highest BCUT2D eigenvalue weighted by Crippen LogP contribution is 2.50. The largest absolute Gasteiger partial charge is 0.378 e. The Morgan fingerprint density at radius 3 is 2.57 bits per heavy atom. The highest BCUT2D eigenvalue weighted by Gasteiger charge is 2.59. The Hall–Kier alpha value is -2.69.